The van der Waals surface area contributed by atoms with E-state index in [0.717, 1.165) is 44.9 Å². The fraction of sp³-hybridized carbons (Fsp3) is 0.933. The van der Waals surface area contributed by atoms with Crippen molar-refractivity contribution in [1.82, 2.24) is 4.90 Å². The maximum absolute atomic E-state index is 11.3. The number of carboxylic acid groups (broad SMARTS) is 1. The van der Waals surface area contributed by atoms with E-state index < -0.39 is 13.1 Å². The molecule has 2 fully saturated rings. The Bertz CT molecular complexity index is 364. The fourth-order valence-electron chi connectivity index (χ4n) is 4.48. The van der Waals surface area contributed by atoms with Gasteiger partial charge in [0.15, 0.2) is 0 Å². The predicted octanol–water partition coefficient (Wildman–Crippen LogP) is 1.45. The van der Waals surface area contributed by atoms with E-state index in [0.29, 0.717) is 17.9 Å². The van der Waals surface area contributed by atoms with Gasteiger partial charge in [-0.05, 0) is 57.4 Å². The molecule has 2 saturated carbocycles. The molecule has 6 heteroatoms. The molecule has 0 aromatic carbocycles. The van der Waals surface area contributed by atoms with Crippen molar-refractivity contribution in [2.45, 2.75) is 56.8 Å². The quantitative estimate of drug-likeness (QED) is 0.684. The van der Waals surface area contributed by atoms with Gasteiger partial charge in [0.05, 0.1) is 5.92 Å². The molecule has 0 saturated heterocycles. The summed E-state index contributed by atoms with van der Waals surface area (Å²) in [6.45, 7) is 0. The van der Waals surface area contributed by atoms with Crippen LogP contribution in [0.25, 0.3) is 0 Å². The van der Waals surface area contributed by atoms with Gasteiger partial charge in [0.2, 0.25) is 0 Å². The summed E-state index contributed by atoms with van der Waals surface area (Å²) in [6, 6.07) is 0.428. The minimum atomic E-state index is -1.24. The summed E-state index contributed by atoms with van der Waals surface area (Å²) in [5.74, 6) is -0.172. The molecule has 0 aliphatic heterocycles. The van der Waals surface area contributed by atoms with Gasteiger partial charge in [-0.25, -0.2) is 0 Å². The van der Waals surface area contributed by atoms with Crippen molar-refractivity contribution in [3.8, 4) is 0 Å². The van der Waals surface area contributed by atoms with Crippen LogP contribution in [0.2, 0.25) is 5.82 Å². The van der Waals surface area contributed by atoms with Gasteiger partial charge >= 0.3 is 13.1 Å². The van der Waals surface area contributed by atoms with E-state index in [4.69, 9.17) is 0 Å². The van der Waals surface area contributed by atoms with Crippen molar-refractivity contribution >= 4 is 13.1 Å². The highest BCUT2D eigenvalue weighted by molar-refractivity contribution is 6.43. The first-order valence-electron chi connectivity index (χ1n) is 8.15. The van der Waals surface area contributed by atoms with Gasteiger partial charge < -0.3 is 20.1 Å². The second-order valence-corrected chi connectivity index (χ2v) is 7.14. The van der Waals surface area contributed by atoms with Gasteiger partial charge in [-0.15, -0.1) is 0 Å². The van der Waals surface area contributed by atoms with Crippen LogP contribution in [0.3, 0.4) is 0 Å². The summed E-state index contributed by atoms with van der Waals surface area (Å²) >= 11 is 0. The zero-order valence-electron chi connectivity index (χ0n) is 13.1. The van der Waals surface area contributed by atoms with Crippen LogP contribution in [0.5, 0.6) is 0 Å². The van der Waals surface area contributed by atoms with Crippen LogP contribution >= 0.6 is 0 Å². The molecular formula is C15H28BNO4. The van der Waals surface area contributed by atoms with E-state index in [9.17, 15) is 19.9 Å². The molecule has 0 heterocycles. The van der Waals surface area contributed by atoms with Crippen molar-refractivity contribution < 1.29 is 19.9 Å². The Morgan fingerprint density at radius 2 is 1.81 bits per heavy atom. The summed E-state index contributed by atoms with van der Waals surface area (Å²) in [4.78, 5) is 13.5. The molecule has 120 valence electrons. The number of hydrogen-bond donors (Lipinski definition) is 3. The van der Waals surface area contributed by atoms with E-state index in [-0.39, 0.29) is 11.7 Å². The van der Waals surface area contributed by atoms with Crippen molar-refractivity contribution in [3.63, 3.8) is 0 Å². The van der Waals surface area contributed by atoms with Crippen molar-refractivity contribution in [3.05, 3.63) is 0 Å². The Kier molecular flexibility index (Phi) is 5.69. The minimum absolute atomic E-state index is 0.0589. The van der Waals surface area contributed by atoms with E-state index >= 15 is 0 Å². The normalized spacial score (nSPS) is 37.5. The average molecular weight is 297 g/mol. The predicted molar refractivity (Wildman–Crippen MR) is 81.8 cm³/mol. The van der Waals surface area contributed by atoms with Crippen molar-refractivity contribution in [2.24, 2.45) is 17.8 Å². The number of carbonyl (C=O) groups is 1. The first-order chi connectivity index (χ1) is 9.90. The van der Waals surface area contributed by atoms with Gasteiger partial charge in [-0.1, -0.05) is 19.3 Å². The number of nitrogens with zero attached hydrogens (tertiary/aromatic N) is 1. The molecule has 2 aliphatic carbocycles. The van der Waals surface area contributed by atoms with Gasteiger partial charge in [0.1, 0.15) is 0 Å². The number of hydrogen-bond acceptors (Lipinski definition) is 4. The standard InChI is InChI=1S/C15H28BNO4/c1-17(2)14-7-6-12(16(20)21)9-13(14)10-4-3-5-11(8-10)15(18)19/h10-14,20-21H,3-9H2,1-2H3,(H,18,19). The molecule has 3 N–H and O–H groups in total. The molecule has 5 atom stereocenters. The largest absolute Gasteiger partial charge is 0.481 e. The Hall–Kier alpha value is -0.585. The highest BCUT2D eigenvalue weighted by Crippen LogP contribution is 2.45. The minimum Gasteiger partial charge on any atom is -0.481 e. The fourth-order valence-corrected chi connectivity index (χ4v) is 4.48. The molecule has 0 radical (unpaired) electrons. The molecule has 0 aromatic rings. The lowest BCUT2D eigenvalue weighted by Gasteiger charge is -2.45. The zero-order chi connectivity index (χ0) is 15.6. The van der Waals surface area contributed by atoms with E-state index in [1.165, 1.54) is 0 Å². The lowest BCUT2D eigenvalue weighted by molar-refractivity contribution is -0.143. The first kappa shape index (κ1) is 16.8. The lowest BCUT2D eigenvalue weighted by atomic mass is 9.57. The third kappa shape index (κ3) is 3.99. The molecular weight excluding hydrogens is 269 g/mol. The molecule has 0 amide bonds. The van der Waals surface area contributed by atoms with Crippen LogP contribution in [0.4, 0.5) is 0 Å². The number of aliphatic carboxylic acids is 1. The smallest absolute Gasteiger partial charge is 0.454 e. The maximum Gasteiger partial charge on any atom is 0.454 e. The summed E-state index contributed by atoms with van der Waals surface area (Å²) in [5.41, 5.74) is 0. The van der Waals surface area contributed by atoms with Gasteiger partial charge in [-0.2, -0.15) is 0 Å². The number of rotatable bonds is 4. The molecule has 0 bridgehead atoms. The van der Waals surface area contributed by atoms with Crippen molar-refractivity contribution in [2.75, 3.05) is 14.1 Å². The number of carboxylic acids is 1. The monoisotopic (exact) mass is 297 g/mol. The molecule has 0 aromatic heterocycles. The summed E-state index contributed by atoms with van der Waals surface area (Å²) in [5, 5.41) is 28.3. The van der Waals surface area contributed by atoms with E-state index in [2.05, 4.69) is 19.0 Å². The van der Waals surface area contributed by atoms with Gasteiger partial charge in [0, 0.05) is 6.04 Å². The molecule has 2 rings (SSSR count). The summed E-state index contributed by atoms with van der Waals surface area (Å²) in [6.07, 6.45) is 6.20. The molecule has 0 spiro atoms. The van der Waals surface area contributed by atoms with Gasteiger partial charge in [-0.3, -0.25) is 4.79 Å². The first-order valence-corrected chi connectivity index (χ1v) is 8.15. The second kappa shape index (κ2) is 7.12. The van der Waals surface area contributed by atoms with Crippen LogP contribution in [0, 0.1) is 17.8 Å². The molecule has 5 nitrogen and oxygen atoms in total. The second-order valence-electron chi connectivity index (χ2n) is 7.14. The van der Waals surface area contributed by atoms with E-state index in [1.54, 1.807) is 0 Å². The third-order valence-electron chi connectivity index (χ3n) is 5.66. The summed E-state index contributed by atoms with van der Waals surface area (Å²) in [7, 11) is 2.91. The SMILES string of the molecule is CN(C)C1CCC(B(O)O)CC1C1CCCC(C(=O)O)C1. The average Bonchev–Trinajstić information content (AvgIpc) is 2.46. The Morgan fingerprint density at radius 1 is 1.10 bits per heavy atom. The van der Waals surface area contributed by atoms with Crippen molar-refractivity contribution in [1.29, 1.82) is 0 Å². The highest BCUT2D eigenvalue weighted by atomic mass is 16.4. The molecule has 5 unspecified atom stereocenters. The Labute approximate surface area is 127 Å². The lowest BCUT2D eigenvalue weighted by Crippen LogP contribution is -2.45. The maximum atomic E-state index is 11.3. The Morgan fingerprint density at radius 3 is 2.38 bits per heavy atom. The molecule has 21 heavy (non-hydrogen) atoms. The van der Waals surface area contributed by atoms with E-state index in [1.807, 2.05) is 0 Å². The zero-order valence-corrected chi connectivity index (χ0v) is 13.1. The van der Waals surface area contributed by atoms with Gasteiger partial charge in [0.25, 0.3) is 0 Å². The van der Waals surface area contributed by atoms with Crippen LogP contribution in [-0.2, 0) is 4.79 Å². The van der Waals surface area contributed by atoms with Crippen LogP contribution in [0.1, 0.15) is 44.9 Å². The highest BCUT2D eigenvalue weighted by Gasteiger charge is 2.42. The summed E-state index contributed by atoms with van der Waals surface area (Å²) < 4.78 is 0. The third-order valence-corrected chi connectivity index (χ3v) is 5.66. The topological polar surface area (TPSA) is 81.0 Å². The van der Waals surface area contributed by atoms with Crippen LogP contribution < -0.4 is 0 Å². The van der Waals surface area contributed by atoms with Crippen LogP contribution in [0.15, 0.2) is 0 Å². The van der Waals surface area contributed by atoms with Crippen LogP contribution in [-0.4, -0.2) is 53.3 Å². The molecule has 2 aliphatic rings. The Balaban J connectivity index is 2.09.